The van der Waals surface area contributed by atoms with Crippen molar-refractivity contribution < 1.29 is 0 Å². The molecule has 0 aliphatic heterocycles. The molecule has 0 amide bonds. The van der Waals surface area contributed by atoms with E-state index in [0.29, 0.717) is 5.41 Å². The minimum atomic E-state index is 0.650. The third-order valence-corrected chi connectivity index (χ3v) is 6.81. The first-order valence-electron chi connectivity index (χ1n) is 9.90. The normalized spacial score (nSPS) is 35.9. The van der Waals surface area contributed by atoms with Crippen LogP contribution in [0.3, 0.4) is 0 Å². The van der Waals surface area contributed by atoms with E-state index in [-0.39, 0.29) is 0 Å². The lowest BCUT2D eigenvalue weighted by molar-refractivity contribution is 0.130. The molecule has 3 unspecified atom stereocenters. The molecule has 0 radical (unpaired) electrons. The number of hydrogen-bond acceptors (Lipinski definition) is 1. The zero-order valence-corrected chi connectivity index (χ0v) is 14.5. The van der Waals surface area contributed by atoms with Crippen LogP contribution in [0.1, 0.15) is 90.9 Å². The largest absolute Gasteiger partial charge is 0.313 e. The van der Waals surface area contributed by atoms with Crippen LogP contribution in [0.2, 0.25) is 0 Å². The van der Waals surface area contributed by atoms with Crippen LogP contribution in [0.4, 0.5) is 0 Å². The molecule has 0 saturated heterocycles. The van der Waals surface area contributed by atoms with Crippen LogP contribution in [-0.4, -0.2) is 12.6 Å². The summed E-state index contributed by atoms with van der Waals surface area (Å²) in [5.41, 5.74) is 0.650. The highest BCUT2D eigenvalue weighted by Gasteiger charge is 2.36. The summed E-state index contributed by atoms with van der Waals surface area (Å²) in [7, 11) is 0. The predicted octanol–water partition coefficient (Wildman–Crippen LogP) is 5.54. The molecular formula is C20H37N. The van der Waals surface area contributed by atoms with Gasteiger partial charge in [0.05, 0.1) is 0 Å². The smallest absolute Gasteiger partial charge is 0.00701 e. The van der Waals surface area contributed by atoms with Gasteiger partial charge in [0, 0.05) is 12.6 Å². The molecule has 0 heterocycles. The highest BCUT2D eigenvalue weighted by atomic mass is 14.9. The van der Waals surface area contributed by atoms with Gasteiger partial charge < -0.3 is 5.32 Å². The Kier molecular flexibility index (Phi) is 5.30. The fourth-order valence-corrected chi connectivity index (χ4v) is 5.86. The van der Waals surface area contributed by atoms with Crippen LogP contribution in [0, 0.1) is 23.2 Å². The molecule has 3 atom stereocenters. The molecule has 3 aliphatic rings. The minimum Gasteiger partial charge on any atom is -0.313 e. The van der Waals surface area contributed by atoms with Crippen molar-refractivity contribution in [2.75, 3.05) is 6.54 Å². The van der Waals surface area contributed by atoms with E-state index >= 15 is 0 Å². The highest BCUT2D eigenvalue weighted by molar-refractivity contribution is 4.91. The summed E-state index contributed by atoms with van der Waals surface area (Å²) in [6, 6.07) is 0.842. The van der Waals surface area contributed by atoms with Gasteiger partial charge in [-0.1, -0.05) is 52.4 Å². The fourth-order valence-electron chi connectivity index (χ4n) is 5.86. The third kappa shape index (κ3) is 4.03. The van der Waals surface area contributed by atoms with Gasteiger partial charge in [-0.25, -0.2) is 0 Å². The van der Waals surface area contributed by atoms with E-state index in [9.17, 15) is 0 Å². The molecule has 0 spiro atoms. The van der Waals surface area contributed by atoms with Crippen molar-refractivity contribution in [2.24, 2.45) is 23.2 Å². The van der Waals surface area contributed by atoms with E-state index in [1.165, 1.54) is 83.6 Å². The average molecular weight is 292 g/mol. The number of nitrogens with one attached hydrogen (secondary N) is 1. The Labute approximate surface area is 132 Å². The molecule has 3 aliphatic carbocycles. The van der Waals surface area contributed by atoms with Crippen LogP contribution < -0.4 is 5.32 Å². The Morgan fingerprint density at radius 1 is 0.905 bits per heavy atom. The van der Waals surface area contributed by atoms with Gasteiger partial charge in [0.2, 0.25) is 0 Å². The summed E-state index contributed by atoms with van der Waals surface area (Å²) in [5.74, 6) is 3.02. The van der Waals surface area contributed by atoms with Crippen molar-refractivity contribution in [1.29, 1.82) is 0 Å². The first-order chi connectivity index (χ1) is 10.2. The summed E-state index contributed by atoms with van der Waals surface area (Å²) in [4.78, 5) is 0. The van der Waals surface area contributed by atoms with Gasteiger partial charge in [-0.3, -0.25) is 0 Å². The fraction of sp³-hybridized carbons (Fsp3) is 1.00. The van der Waals surface area contributed by atoms with E-state index in [1.807, 2.05) is 0 Å². The second-order valence-corrected chi connectivity index (χ2v) is 9.00. The summed E-state index contributed by atoms with van der Waals surface area (Å²) >= 11 is 0. The molecule has 3 rings (SSSR count). The Morgan fingerprint density at radius 3 is 2.33 bits per heavy atom. The zero-order valence-electron chi connectivity index (χ0n) is 14.5. The van der Waals surface area contributed by atoms with Gasteiger partial charge in [0.25, 0.3) is 0 Å². The molecule has 1 heteroatoms. The molecule has 3 fully saturated rings. The second-order valence-electron chi connectivity index (χ2n) is 9.00. The van der Waals surface area contributed by atoms with Crippen molar-refractivity contribution in [3.05, 3.63) is 0 Å². The quantitative estimate of drug-likeness (QED) is 0.701. The molecular weight excluding hydrogens is 254 g/mol. The lowest BCUT2D eigenvalue weighted by atomic mass is 9.69. The van der Waals surface area contributed by atoms with Gasteiger partial charge in [-0.15, -0.1) is 0 Å². The minimum absolute atomic E-state index is 0.650. The van der Waals surface area contributed by atoms with Crippen LogP contribution >= 0.6 is 0 Å². The van der Waals surface area contributed by atoms with Gasteiger partial charge in [0.15, 0.2) is 0 Å². The molecule has 3 saturated carbocycles. The van der Waals surface area contributed by atoms with E-state index in [1.54, 1.807) is 0 Å². The molecule has 0 aromatic rings. The summed E-state index contributed by atoms with van der Waals surface area (Å²) in [5, 5.41) is 4.04. The van der Waals surface area contributed by atoms with Crippen LogP contribution in [-0.2, 0) is 0 Å². The van der Waals surface area contributed by atoms with E-state index in [4.69, 9.17) is 0 Å². The molecule has 21 heavy (non-hydrogen) atoms. The lowest BCUT2D eigenvalue weighted by Gasteiger charge is -2.41. The van der Waals surface area contributed by atoms with Gasteiger partial charge in [0.1, 0.15) is 0 Å². The van der Waals surface area contributed by atoms with Crippen LogP contribution in [0.15, 0.2) is 0 Å². The zero-order chi connectivity index (χ0) is 14.7. The van der Waals surface area contributed by atoms with E-state index in [0.717, 1.165) is 23.8 Å². The molecule has 1 N–H and O–H groups in total. The van der Waals surface area contributed by atoms with Gasteiger partial charge >= 0.3 is 0 Å². The topological polar surface area (TPSA) is 12.0 Å². The van der Waals surface area contributed by atoms with E-state index in [2.05, 4.69) is 19.2 Å². The predicted molar refractivity (Wildman–Crippen MR) is 91.4 cm³/mol. The van der Waals surface area contributed by atoms with Gasteiger partial charge in [-0.05, 0) is 61.7 Å². The number of fused-ring (bicyclic) bond motifs is 1. The van der Waals surface area contributed by atoms with Crippen molar-refractivity contribution >= 4 is 0 Å². The van der Waals surface area contributed by atoms with Crippen molar-refractivity contribution in [1.82, 2.24) is 5.32 Å². The highest BCUT2D eigenvalue weighted by Crippen LogP contribution is 2.44. The maximum atomic E-state index is 4.04. The Balaban J connectivity index is 1.49. The van der Waals surface area contributed by atoms with Crippen LogP contribution in [0.25, 0.3) is 0 Å². The van der Waals surface area contributed by atoms with Crippen LogP contribution in [0.5, 0.6) is 0 Å². The standard InChI is InChI=1S/C20H37N/c1-16(2)14-20(11-5-6-12-20)15-21-19-10-9-17-7-3-4-8-18(17)13-19/h16-19,21H,3-15H2,1-2H3. The SMILES string of the molecule is CC(C)CC1(CNC2CCC3CCCCC3C2)CCCC1. The van der Waals surface area contributed by atoms with E-state index < -0.39 is 0 Å². The molecule has 122 valence electrons. The van der Waals surface area contributed by atoms with Crippen molar-refractivity contribution in [3.63, 3.8) is 0 Å². The summed E-state index contributed by atoms with van der Waals surface area (Å²) < 4.78 is 0. The first-order valence-corrected chi connectivity index (χ1v) is 9.90. The molecule has 0 aromatic heterocycles. The maximum absolute atomic E-state index is 4.04. The molecule has 0 bridgehead atoms. The molecule has 0 aromatic carbocycles. The Morgan fingerprint density at radius 2 is 1.62 bits per heavy atom. The number of rotatable bonds is 5. The third-order valence-electron chi connectivity index (χ3n) is 6.81. The van der Waals surface area contributed by atoms with Crippen molar-refractivity contribution in [2.45, 2.75) is 96.9 Å². The first kappa shape index (κ1) is 15.8. The summed E-state index contributed by atoms with van der Waals surface area (Å²) in [6.45, 7) is 6.13. The monoisotopic (exact) mass is 291 g/mol. The summed E-state index contributed by atoms with van der Waals surface area (Å²) in [6.07, 6.45) is 17.9. The maximum Gasteiger partial charge on any atom is 0.00701 e. The lowest BCUT2D eigenvalue weighted by Crippen LogP contribution is -2.43. The number of hydrogen-bond donors (Lipinski definition) is 1. The average Bonchev–Trinajstić information content (AvgIpc) is 2.93. The molecule has 1 nitrogen and oxygen atoms in total. The Hall–Kier alpha value is -0.0400. The Bertz CT molecular complexity index is 316. The van der Waals surface area contributed by atoms with Gasteiger partial charge in [-0.2, -0.15) is 0 Å². The van der Waals surface area contributed by atoms with Crippen molar-refractivity contribution in [3.8, 4) is 0 Å². The second kappa shape index (κ2) is 7.02.